The van der Waals surface area contributed by atoms with Gasteiger partial charge in [0.05, 0.1) is 11.0 Å². The van der Waals surface area contributed by atoms with Crippen LogP contribution in [0, 0.1) is 16.0 Å². The van der Waals surface area contributed by atoms with Crippen LogP contribution in [-0.4, -0.2) is 16.0 Å². The van der Waals surface area contributed by atoms with Crippen LogP contribution >= 0.6 is 0 Å². The van der Waals surface area contributed by atoms with Crippen LogP contribution < -0.4 is 5.32 Å². The monoisotopic (exact) mass is 326 g/mol. The molecule has 24 heavy (non-hydrogen) atoms. The highest BCUT2D eigenvalue weighted by atomic mass is 16.6. The number of nitro benzene ring substituents is 1. The van der Waals surface area contributed by atoms with E-state index in [1.54, 1.807) is 19.1 Å². The second kappa shape index (κ2) is 7.41. The lowest BCUT2D eigenvalue weighted by Gasteiger charge is -2.27. The van der Waals surface area contributed by atoms with E-state index in [0.717, 1.165) is 5.69 Å². The summed E-state index contributed by atoms with van der Waals surface area (Å²) in [6, 6.07) is 14.4. The summed E-state index contributed by atoms with van der Waals surface area (Å²) in [6.45, 7) is 5.40. The number of non-ortho nitro benzene ring substituents is 1. The van der Waals surface area contributed by atoms with Crippen LogP contribution in [0.2, 0.25) is 0 Å². The average molecular weight is 326 g/mol. The van der Waals surface area contributed by atoms with E-state index < -0.39 is 22.9 Å². The minimum Gasteiger partial charge on any atom is -0.481 e. The maximum absolute atomic E-state index is 11.7. The number of rotatable bonds is 7. The van der Waals surface area contributed by atoms with Crippen molar-refractivity contribution in [2.24, 2.45) is 5.92 Å². The molecule has 6 nitrogen and oxygen atoms in total. The first-order valence-electron chi connectivity index (χ1n) is 7.34. The minimum absolute atomic E-state index is 0.0850. The van der Waals surface area contributed by atoms with Crippen molar-refractivity contribution in [1.29, 1.82) is 0 Å². The standard InChI is InChI=1S/C18H18N2O4/c1-12(2)16(18(21)22)17(19-14-8-4-3-5-9-14)13-7-6-10-15(11-13)20(23)24/h3-11,16-17,19H,1H2,2H3,(H,21,22)/t16-,17-/m1/s1. The third kappa shape index (κ3) is 3.98. The molecule has 0 aliphatic heterocycles. The lowest BCUT2D eigenvalue weighted by atomic mass is 9.87. The molecule has 0 heterocycles. The first-order chi connectivity index (χ1) is 11.4. The van der Waals surface area contributed by atoms with Gasteiger partial charge in [-0.05, 0) is 24.6 Å². The lowest BCUT2D eigenvalue weighted by molar-refractivity contribution is -0.384. The van der Waals surface area contributed by atoms with E-state index in [1.807, 2.05) is 30.3 Å². The van der Waals surface area contributed by atoms with Gasteiger partial charge in [-0.25, -0.2) is 0 Å². The molecule has 0 spiro atoms. The normalized spacial score (nSPS) is 12.9. The fourth-order valence-corrected chi connectivity index (χ4v) is 2.54. The Bertz CT molecular complexity index is 745. The molecule has 0 radical (unpaired) electrons. The number of anilines is 1. The van der Waals surface area contributed by atoms with Gasteiger partial charge in [-0.2, -0.15) is 0 Å². The van der Waals surface area contributed by atoms with Gasteiger partial charge in [0.15, 0.2) is 0 Å². The number of para-hydroxylation sites is 1. The number of benzene rings is 2. The summed E-state index contributed by atoms with van der Waals surface area (Å²) in [5.74, 6) is -1.96. The number of carboxylic acids is 1. The molecule has 0 aliphatic carbocycles. The molecule has 0 saturated heterocycles. The van der Waals surface area contributed by atoms with Gasteiger partial charge in [0.25, 0.3) is 5.69 Å². The van der Waals surface area contributed by atoms with Crippen LogP contribution in [-0.2, 0) is 4.79 Å². The van der Waals surface area contributed by atoms with Crippen LogP contribution in [0.4, 0.5) is 11.4 Å². The van der Waals surface area contributed by atoms with Gasteiger partial charge >= 0.3 is 5.97 Å². The Balaban J connectivity index is 2.49. The van der Waals surface area contributed by atoms with Crippen molar-refractivity contribution in [2.45, 2.75) is 13.0 Å². The zero-order valence-electron chi connectivity index (χ0n) is 13.2. The number of hydrogen-bond acceptors (Lipinski definition) is 4. The van der Waals surface area contributed by atoms with Crippen LogP contribution in [0.25, 0.3) is 0 Å². The molecule has 0 fully saturated rings. The van der Waals surface area contributed by atoms with Crippen molar-refractivity contribution in [1.82, 2.24) is 0 Å². The first-order valence-corrected chi connectivity index (χ1v) is 7.34. The molecule has 2 aromatic carbocycles. The quantitative estimate of drug-likeness (QED) is 0.455. The molecule has 0 unspecified atom stereocenters. The SMILES string of the molecule is C=C(C)[C@@H](C(=O)O)[C@H](Nc1ccccc1)c1cccc([N+](=O)[O-])c1. The average Bonchev–Trinajstić information content (AvgIpc) is 2.54. The van der Waals surface area contributed by atoms with E-state index in [0.29, 0.717) is 11.1 Å². The highest BCUT2D eigenvalue weighted by Gasteiger charge is 2.31. The predicted octanol–water partition coefficient (Wildman–Crippen LogP) is 4.02. The van der Waals surface area contributed by atoms with Crippen molar-refractivity contribution in [3.63, 3.8) is 0 Å². The Hall–Kier alpha value is -3.15. The molecule has 2 atom stereocenters. The van der Waals surface area contributed by atoms with Gasteiger partial charge in [-0.15, -0.1) is 0 Å². The smallest absolute Gasteiger partial charge is 0.313 e. The van der Waals surface area contributed by atoms with E-state index >= 15 is 0 Å². The summed E-state index contributed by atoms with van der Waals surface area (Å²) in [5, 5.41) is 23.8. The molecule has 2 N–H and O–H groups in total. The highest BCUT2D eigenvalue weighted by Crippen LogP contribution is 2.32. The topological polar surface area (TPSA) is 92.5 Å². The maximum Gasteiger partial charge on any atom is 0.313 e. The second-order valence-corrected chi connectivity index (χ2v) is 5.50. The zero-order chi connectivity index (χ0) is 17.7. The van der Waals surface area contributed by atoms with Crippen LogP contribution in [0.5, 0.6) is 0 Å². The molecule has 6 heteroatoms. The third-order valence-corrected chi connectivity index (χ3v) is 3.67. The number of aliphatic carboxylic acids is 1. The molecule has 124 valence electrons. The van der Waals surface area contributed by atoms with Crippen molar-refractivity contribution in [2.75, 3.05) is 5.32 Å². The maximum atomic E-state index is 11.7. The van der Waals surface area contributed by atoms with E-state index in [4.69, 9.17) is 0 Å². The highest BCUT2D eigenvalue weighted by molar-refractivity contribution is 5.75. The number of nitro groups is 1. The van der Waals surface area contributed by atoms with E-state index in [-0.39, 0.29) is 5.69 Å². The summed E-state index contributed by atoms with van der Waals surface area (Å²) in [5.41, 5.74) is 1.62. The minimum atomic E-state index is -1.04. The first kappa shape index (κ1) is 17.2. The number of nitrogens with zero attached hydrogens (tertiary/aromatic N) is 1. The Morgan fingerprint density at radius 1 is 1.21 bits per heavy atom. The second-order valence-electron chi connectivity index (χ2n) is 5.50. The third-order valence-electron chi connectivity index (χ3n) is 3.67. The van der Waals surface area contributed by atoms with Crippen LogP contribution in [0.3, 0.4) is 0 Å². The number of nitrogens with one attached hydrogen (secondary N) is 1. The van der Waals surface area contributed by atoms with E-state index in [1.165, 1.54) is 12.1 Å². The molecular weight excluding hydrogens is 308 g/mol. The van der Waals surface area contributed by atoms with Gasteiger partial charge in [0.2, 0.25) is 0 Å². The molecule has 0 bridgehead atoms. The molecule has 0 aromatic heterocycles. The molecular formula is C18H18N2O4. The largest absolute Gasteiger partial charge is 0.481 e. The van der Waals surface area contributed by atoms with Crippen molar-refractivity contribution < 1.29 is 14.8 Å². The molecule has 2 aromatic rings. The summed E-state index contributed by atoms with van der Waals surface area (Å²) < 4.78 is 0. The summed E-state index contributed by atoms with van der Waals surface area (Å²) in [7, 11) is 0. The van der Waals surface area contributed by atoms with Gasteiger partial charge in [-0.1, -0.05) is 42.5 Å². The van der Waals surface area contributed by atoms with E-state index in [9.17, 15) is 20.0 Å². The Labute approximate surface area is 139 Å². The zero-order valence-corrected chi connectivity index (χ0v) is 13.2. The molecule has 0 aliphatic rings. The number of carbonyl (C=O) groups is 1. The summed E-state index contributed by atoms with van der Waals surface area (Å²) in [4.78, 5) is 22.3. The fraction of sp³-hybridized carbons (Fsp3) is 0.167. The molecule has 0 saturated carbocycles. The van der Waals surface area contributed by atoms with Crippen molar-refractivity contribution in [3.8, 4) is 0 Å². The Morgan fingerprint density at radius 3 is 2.42 bits per heavy atom. The Kier molecular flexibility index (Phi) is 5.31. The van der Waals surface area contributed by atoms with E-state index in [2.05, 4.69) is 11.9 Å². The summed E-state index contributed by atoms with van der Waals surface area (Å²) >= 11 is 0. The van der Waals surface area contributed by atoms with Gasteiger partial charge in [0.1, 0.15) is 5.92 Å². The van der Waals surface area contributed by atoms with Gasteiger partial charge in [-0.3, -0.25) is 14.9 Å². The fourth-order valence-electron chi connectivity index (χ4n) is 2.54. The van der Waals surface area contributed by atoms with Crippen LogP contribution in [0.1, 0.15) is 18.5 Å². The molecule has 2 rings (SSSR count). The van der Waals surface area contributed by atoms with Crippen LogP contribution in [0.15, 0.2) is 66.7 Å². The summed E-state index contributed by atoms with van der Waals surface area (Å²) in [6.07, 6.45) is 0. The lowest BCUT2D eigenvalue weighted by Crippen LogP contribution is -2.28. The van der Waals surface area contributed by atoms with Crippen molar-refractivity contribution in [3.05, 3.63) is 82.4 Å². The van der Waals surface area contributed by atoms with Gasteiger partial charge in [0, 0.05) is 17.8 Å². The predicted molar refractivity (Wildman–Crippen MR) is 91.8 cm³/mol. The van der Waals surface area contributed by atoms with Crippen molar-refractivity contribution >= 4 is 17.3 Å². The van der Waals surface area contributed by atoms with Gasteiger partial charge < -0.3 is 10.4 Å². The Morgan fingerprint density at radius 2 is 1.88 bits per heavy atom. The number of carboxylic acid groups (broad SMARTS) is 1. The molecule has 0 amide bonds. The number of hydrogen-bond donors (Lipinski definition) is 2.